The van der Waals surface area contributed by atoms with Crippen LogP contribution in [-0.4, -0.2) is 198 Å². The number of rotatable bonds is 12. The summed E-state index contributed by atoms with van der Waals surface area (Å²) in [5.41, 5.74) is 8.29. The van der Waals surface area contributed by atoms with Crippen molar-refractivity contribution in [1.82, 2.24) is 14.7 Å². The van der Waals surface area contributed by atoms with Crippen LogP contribution in [0.1, 0.15) is 92.6 Å². The Morgan fingerprint density at radius 3 is 1.23 bits per heavy atom. The summed E-state index contributed by atoms with van der Waals surface area (Å²) in [6.07, 6.45) is 8.54. The van der Waals surface area contributed by atoms with Gasteiger partial charge in [-0.15, -0.1) is 17.0 Å². The Labute approximate surface area is 551 Å². The summed E-state index contributed by atoms with van der Waals surface area (Å²) >= 11 is 0. The van der Waals surface area contributed by atoms with E-state index in [2.05, 4.69) is 72.3 Å². The molecule has 7 N–H and O–H groups in total. The van der Waals surface area contributed by atoms with E-state index < -0.39 is 43.1 Å². The molecule has 0 saturated heterocycles. The molecule has 0 amide bonds. The zero-order chi connectivity index (χ0) is 65.2. The van der Waals surface area contributed by atoms with Crippen molar-refractivity contribution >= 4 is 34.9 Å². The molecule has 0 bridgehead atoms. The monoisotopic (exact) mass is 1350 g/mol. The van der Waals surface area contributed by atoms with Crippen LogP contribution in [0.4, 0.5) is 0 Å². The number of aliphatic hydroxyl groups is 6. The Hall–Kier alpha value is -7.35. The van der Waals surface area contributed by atoms with Crippen LogP contribution in [-0.2, 0) is 50.1 Å². The molecule has 93 heavy (non-hydrogen) atoms. The van der Waals surface area contributed by atoms with Gasteiger partial charge in [-0.1, -0.05) is 78.9 Å². The lowest BCUT2D eigenvalue weighted by Crippen LogP contribution is -2.48. The van der Waals surface area contributed by atoms with Crippen LogP contribution < -0.4 is 28.4 Å². The van der Waals surface area contributed by atoms with Gasteiger partial charge in [0.25, 0.3) is 0 Å². The Bertz CT molecular complexity index is 3430. The first-order chi connectivity index (χ1) is 44.3. The second kappa shape index (κ2) is 28.7. The summed E-state index contributed by atoms with van der Waals surface area (Å²) in [5, 5.41) is 61.8. The molecule has 0 aromatic heterocycles. The fourth-order valence-electron chi connectivity index (χ4n) is 14.6. The number of benzene rings is 5. The maximum Gasteiger partial charge on any atom is 0.338 e. The molecule has 0 saturated carbocycles. The summed E-state index contributed by atoms with van der Waals surface area (Å²) in [6, 6.07) is 30.7. The zero-order valence-electron chi connectivity index (χ0n) is 53.0. The van der Waals surface area contributed by atoms with Gasteiger partial charge in [0.2, 0.25) is 0 Å². The third-order valence-electron chi connectivity index (χ3n) is 19.5. The van der Waals surface area contributed by atoms with Gasteiger partial charge in [-0.3, -0.25) is 0 Å². The first-order valence-corrected chi connectivity index (χ1v) is 31.3. The maximum absolute atomic E-state index is 12.5. The van der Waals surface area contributed by atoms with Gasteiger partial charge < -0.3 is 88.3 Å². The molecular formula is C71H84BrN3O18. The normalized spacial score (nSPS) is 27.6. The number of carbonyl (C=O) groups excluding carboxylic acids is 2. The van der Waals surface area contributed by atoms with Crippen LogP contribution in [0.15, 0.2) is 134 Å². The first kappa shape index (κ1) is 68.5. The van der Waals surface area contributed by atoms with Gasteiger partial charge in [0.1, 0.15) is 48.8 Å². The summed E-state index contributed by atoms with van der Waals surface area (Å²) in [6.45, 7) is 4.86. The highest BCUT2D eigenvalue weighted by Crippen LogP contribution is 2.59. The second-order valence-electron chi connectivity index (χ2n) is 25.3. The molecule has 21 nitrogen and oxygen atoms in total. The minimum atomic E-state index is -2.20. The van der Waals surface area contributed by atoms with Crippen LogP contribution in [0.3, 0.4) is 0 Å². The van der Waals surface area contributed by atoms with Gasteiger partial charge in [-0.25, -0.2) is 14.4 Å². The van der Waals surface area contributed by atoms with E-state index in [1.807, 2.05) is 72.8 Å². The third-order valence-corrected chi connectivity index (χ3v) is 19.5. The van der Waals surface area contributed by atoms with Gasteiger partial charge in [0, 0.05) is 55.6 Å². The van der Waals surface area contributed by atoms with Crippen molar-refractivity contribution in [2.45, 2.75) is 135 Å². The van der Waals surface area contributed by atoms with Gasteiger partial charge >= 0.3 is 17.9 Å². The summed E-state index contributed by atoms with van der Waals surface area (Å²) in [4.78, 5) is 42.2. The van der Waals surface area contributed by atoms with Crippen LogP contribution in [0.25, 0.3) is 0 Å². The van der Waals surface area contributed by atoms with Crippen LogP contribution in [0.2, 0.25) is 0 Å². The number of carboxylic acids is 1. The topological polar surface area (TPSA) is 276 Å². The number of hydrogen-bond donors (Lipinski definition) is 7. The summed E-state index contributed by atoms with van der Waals surface area (Å²) < 4.78 is 47.5. The van der Waals surface area contributed by atoms with E-state index in [1.54, 1.807) is 45.6 Å². The van der Waals surface area contributed by atoms with Gasteiger partial charge in [0.05, 0.1) is 61.4 Å². The fourth-order valence-corrected chi connectivity index (χ4v) is 14.6. The minimum Gasteiger partial charge on any atom is -0.493 e. The Kier molecular flexibility index (Phi) is 21.1. The van der Waals surface area contributed by atoms with Gasteiger partial charge in [-0.05, 0) is 131 Å². The standard InChI is InChI=1S/2C24H25NO4.C17H21NO3.C6H12O7.BrH/c2*1-25-13-12-24-11-10-18(28-23(26)16-6-4-3-5-7-16)14-20(24)29-22-19(27-2)9-8-17(15-25)21(22)24;1-18-8-7-17-6-5-12(19)9-14(17)21-16-13(20-2)4-3-11(10-18)15(16)17;7-1-2(8)3(9)4(10)5(11)6(12)13;/h2*3-11,18,20H,12-15H2,1-2H3;3-6,12,14,19H,7-10H2,1-2H3;2-5,7-11H,1H2,(H,12,13);1H/t2*18-,20-,24-;12-,14-,17-;2-,3-,4+,5-;/m0001./s1. The van der Waals surface area contributed by atoms with Crippen molar-refractivity contribution in [1.29, 1.82) is 0 Å². The number of halogens is 1. The van der Waals surface area contributed by atoms with E-state index in [1.165, 1.54) is 33.4 Å². The van der Waals surface area contributed by atoms with Crippen molar-refractivity contribution in [3.63, 3.8) is 0 Å². The van der Waals surface area contributed by atoms with E-state index in [-0.39, 0.29) is 75.7 Å². The molecule has 3 spiro atoms. The minimum absolute atomic E-state index is 0. The number of hydrogen-bond acceptors (Lipinski definition) is 20. The molecule has 5 aromatic rings. The predicted molar refractivity (Wildman–Crippen MR) is 348 cm³/mol. The smallest absolute Gasteiger partial charge is 0.338 e. The average Bonchev–Trinajstić information content (AvgIpc) is 1.59. The lowest BCUT2D eigenvalue weighted by Gasteiger charge is -2.36. The molecule has 0 radical (unpaired) electrons. The number of methoxy groups -OCH3 is 3. The molecular weight excluding hydrogens is 1260 g/mol. The molecule has 6 aliphatic heterocycles. The molecule has 14 rings (SSSR count). The van der Waals surface area contributed by atoms with Gasteiger partial charge in [-0.2, -0.15) is 0 Å². The molecule has 498 valence electrons. The Morgan fingerprint density at radius 1 is 0.527 bits per heavy atom. The van der Waals surface area contributed by atoms with E-state index in [0.29, 0.717) is 30.4 Å². The van der Waals surface area contributed by atoms with E-state index in [0.717, 1.165) is 93.0 Å². The number of esters is 2. The van der Waals surface area contributed by atoms with Crippen molar-refractivity contribution in [2.24, 2.45) is 0 Å². The lowest BCUT2D eigenvalue weighted by molar-refractivity contribution is -0.164. The van der Waals surface area contributed by atoms with Gasteiger partial charge in [0.15, 0.2) is 40.6 Å². The molecule has 22 heteroatoms. The van der Waals surface area contributed by atoms with Crippen LogP contribution in [0, 0.1) is 0 Å². The Morgan fingerprint density at radius 2 is 0.882 bits per heavy atom. The number of nitrogens with zero attached hydrogens (tertiary/aromatic N) is 3. The number of carboxylic acid groups (broad SMARTS) is 1. The van der Waals surface area contributed by atoms with Crippen molar-refractivity contribution < 1.29 is 88.0 Å². The quantitative estimate of drug-likeness (QED) is 0.0528. The molecule has 9 aliphatic rings. The lowest BCUT2D eigenvalue weighted by atomic mass is 9.69. The second-order valence-corrected chi connectivity index (χ2v) is 25.3. The molecule has 13 atom stereocenters. The van der Waals surface area contributed by atoms with Crippen molar-refractivity contribution in [2.75, 3.05) is 68.7 Å². The third kappa shape index (κ3) is 13.4. The van der Waals surface area contributed by atoms with Crippen molar-refractivity contribution in [3.05, 3.63) is 178 Å². The average molecular weight is 1350 g/mol. The summed E-state index contributed by atoms with van der Waals surface area (Å²) in [5.74, 6) is 2.61. The van der Waals surface area contributed by atoms with E-state index >= 15 is 0 Å². The number of ether oxygens (including phenoxy) is 8. The first-order valence-electron chi connectivity index (χ1n) is 31.3. The van der Waals surface area contributed by atoms with E-state index in [4.69, 9.17) is 68.5 Å². The number of carbonyl (C=O) groups is 3. The van der Waals surface area contributed by atoms with Crippen LogP contribution >= 0.6 is 17.0 Å². The predicted octanol–water partition coefficient (Wildman–Crippen LogP) is 6.37. The van der Waals surface area contributed by atoms with Crippen LogP contribution in [0.5, 0.6) is 34.5 Å². The Balaban J connectivity index is 0.000000140. The fraction of sp³-hybridized carbons (Fsp3) is 0.451. The highest BCUT2D eigenvalue weighted by atomic mass is 79.9. The molecule has 0 fully saturated rings. The molecule has 3 aliphatic carbocycles. The highest BCUT2D eigenvalue weighted by molar-refractivity contribution is 8.93. The number of aliphatic hydroxyl groups excluding tert-OH is 6. The largest absolute Gasteiger partial charge is 0.493 e. The molecule has 6 heterocycles. The molecule has 5 aromatic carbocycles. The SMILES string of the molecule is Br.COc1ccc2c3c1O[C@H]1C[C@@H](O)C=C[C@@]31CCN(C)C2.COc1ccc2c3c1O[C@H]1C[C@@H](OC(=O)c4ccccc4)C=C[C@@]31CCN(C)C2.COc1ccc2c3c1O[C@H]1C[C@@H](OC(=O)c4ccccc4)C=C[C@@]31CCN(C)C2.O=C(O)[C@H](O)[C@@H](O)[C@H](O)[C@H](O)CO. The number of aliphatic carboxylic acids is 1. The zero-order valence-corrected chi connectivity index (χ0v) is 54.8. The summed E-state index contributed by atoms with van der Waals surface area (Å²) in [7, 11) is 11.5. The molecule has 0 unspecified atom stereocenters. The highest BCUT2D eigenvalue weighted by Gasteiger charge is 2.56. The van der Waals surface area contributed by atoms with E-state index in [9.17, 15) is 19.5 Å². The van der Waals surface area contributed by atoms with Crippen molar-refractivity contribution in [3.8, 4) is 34.5 Å². The maximum atomic E-state index is 12.5.